The zero-order chi connectivity index (χ0) is 17.6. The van der Waals surface area contributed by atoms with Gasteiger partial charge in [0, 0.05) is 22.9 Å². The number of hydrogen-bond acceptors (Lipinski definition) is 4. The van der Waals surface area contributed by atoms with E-state index in [1.54, 1.807) is 4.52 Å². The lowest BCUT2D eigenvalue weighted by molar-refractivity contribution is 0.253. The Morgan fingerprint density at radius 3 is 2.42 bits per heavy atom. The summed E-state index contributed by atoms with van der Waals surface area (Å²) >= 11 is 0. The number of fused-ring (bicyclic) bond motifs is 1. The van der Waals surface area contributed by atoms with Gasteiger partial charge in [-0.1, -0.05) is 54.6 Å². The van der Waals surface area contributed by atoms with Crippen LogP contribution in [0.4, 0.5) is 0 Å². The van der Waals surface area contributed by atoms with E-state index in [0.717, 1.165) is 35.2 Å². The maximum atomic E-state index is 6.45. The summed E-state index contributed by atoms with van der Waals surface area (Å²) in [6.07, 6.45) is 7.90. The predicted molar refractivity (Wildman–Crippen MR) is 100 cm³/mol. The smallest absolute Gasteiger partial charge is 0.253 e. The van der Waals surface area contributed by atoms with Crippen LogP contribution in [0.1, 0.15) is 24.8 Å². The molecule has 2 aromatic heterocycles. The highest BCUT2D eigenvalue weighted by Crippen LogP contribution is 2.39. The van der Waals surface area contributed by atoms with Gasteiger partial charge in [-0.3, -0.25) is 0 Å². The molecule has 1 radical (unpaired) electrons. The maximum absolute atomic E-state index is 6.45. The van der Waals surface area contributed by atoms with Crippen LogP contribution in [0.3, 0.4) is 0 Å². The molecule has 0 bridgehead atoms. The van der Waals surface area contributed by atoms with Crippen molar-refractivity contribution in [1.82, 2.24) is 19.6 Å². The first-order chi connectivity index (χ1) is 12.7. The van der Waals surface area contributed by atoms with E-state index >= 15 is 0 Å². The highest BCUT2D eigenvalue weighted by atomic mass is 15.3. The Morgan fingerprint density at radius 1 is 0.962 bits per heavy atom. The van der Waals surface area contributed by atoms with E-state index in [9.17, 15) is 0 Å². The van der Waals surface area contributed by atoms with E-state index < -0.39 is 0 Å². The van der Waals surface area contributed by atoms with E-state index in [1.165, 1.54) is 12.0 Å². The predicted octanol–water partition coefficient (Wildman–Crippen LogP) is 3.60. The molecule has 0 saturated heterocycles. The molecule has 2 N–H and O–H groups in total. The molecule has 1 aliphatic rings. The summed E-state index contributed by atoms with van der Waals surface area (Å²) in [6.45, 7) is 0. The second-order valence-electron chi connectivity index (χ2n) is 6.91. The molecular weight excluding hydrogens is 322 g/mol. The molecule has 26 heavy (non-hydrogen) atoms. The van der Waals surface area contributed by atoms with Gasteiger partial charge in [-0.2, -0.15) is 4.98 Å². The number of hydrogen-bond donors (Lipinski definition) is 1. The summed E-state index contributed by atoms with van der Waals surface area (Å²) in [6, 6.07) is 18.7. The average Bonchev–Trinajstić information content (AvgIpc) is 3.13. The van der Waals surface area contributed by atoms with Crippen LogP contribution >= 0.6 is 0 Å². The topological polar surface area (TPSA) is 69.1 Å². The van der Waals surface area contributed by atoms with Gasteiger partial charge in [0.25, 0.3) is 5.78 Å². The van der Waals surface area contributed by atoms with E-state index in [-0.39, 0.29) is 5.54 Å². The van der Waals surface area contributed by atoms with Crippen molar-refractivity contribution in [3.63, 3.8) is 0 Å². The summed E-state index contributed by atoms with van der Waals surface area (Å²) in [5.41, 5.74) is 11.5. The zero-order valence-electron chi connectivity index (χ0n) is 14.3. The van der Waals surface area contributed by atoms with Crippen molar-refractivity contribution >= 4 is 5.78 Å². The lowest BCUT2D eigenvalue weighted by atomic mass is 9.72. The quantitative estimate of drug-likeness (QED) is 0.619. The van der Waals surface area contributed by atoms with Crippen LogP contribution in [0, 0.1) is 6.33 Å². The SMILES string of the molecule is NC1(c2ccc(-c3nc4n[c]nn4cc3-c3ccccc3)cc2)CCC1. The van der Waals surface area contributed by atoms with E-state index in [2.05, 4.69) is 52.8 Å². The Kier molecular flexibility index (Phi) is 3.36. The Labute approximate surface area is 151 Å². The molecule has 0 aliphatic heterocycles. The Balaban J connectivity index is 1.65. The molecule has 2 aromatic carbocycles. The fourth-order valence-corrected chi connectivity index (χ4v) is 3.57. The summed E-state index contributed by atoms with van der Waals surface area (Å²) < 4.78 is 1.66. The van der Waals surface area contributed by atoms with Gasteiger partial charge in [0.05, 0.1) is 5.69 Å². The third-order valence-electron chi connectivity index (χ3n) is 5.29. The maximum Gasteiger partial charge on any atom is 0.253 e. The minimum Gasteiger partial charge on any atom is -0.321 e. The van der Waals surface area contributed by atoms with Gasteiger partial charge >= 0.3 is 0 Å². The van der Waals surface area contributed by atoms with E-state index in [1.807, 2.05) is 24.4 Å². The monoisotopic (exact) mass is 340 g/mol. The van der Waals surface area contributed by atoms with Crippen molar-refractivity contribution in [2.45, 2.75) is 24.8 Å². The summed E-state index contributed by atoms with van der Waals surface area (Å²) in [7, 11) is 0. The van der Waals surface area contributed by atoms with Crippen LogP contribution in [-0.2, 0) is 5.54 Å². The highest BCUT2D eigenvalue weighted by molar-refractivity contribution is 5.81. The van der Waals surface area contributed by atoms with Crippen molar-refractivity contribution in [3.05, 3.63) is 72.7 Å². The van der Waals surface area contributed by atoms with Crippen LogP contribution in [0.2, 0.25) is 0 Å². The van der Waals surface area contributed by atoms with E-state index in [4.69, 9.17) is 10.7 Å². The van der Waals surface area contributed by atoms with Crippen LogP contribution < -0.4 is 5.73 Å². The third kappa shape index (κ3) is 2.40. The van der Waals surface area contributed by atoms with Crippen molar-refractivity contribution < 1.29 is 0 Å². The van der Waals surface area contributed by atoms with Crippen LogP contribution in [0.5, 0.6) is 0 Å². The number of nitrogens with zero attached hydrogens (tertiary/aromatic N) is 4. The largest absolute Gasteiger partial charge is 0.321 e. The summed E-state index contributed by atoms with van der Waals surface area (Å²) in [5.74, 6) is 0.540. The van der Waals surface area contributed by atoms with Gasteiger partial charge in [0.2, 0.25) is 6.33 Å². The zero-order valence-corrected chi connectivity index (χ0v) is 14.3. The minimum atomic E-state index is -0.153. The van der Waals surface area contributed by atoms with Gasteiger partial charge in [-0.15, -0.1) is 5.10 Å². The Morgan fingerprint density at radius 2 is 1.73 bits per heavy atom. The third-order valence-corrected chi connectivity index (χ3v) is 5.29. The van der Waals surface area contributed by atoms with Crippen molar-refractivity contribution in [2.24, 2.45) is 5.73 Å². The molecule has 0 amide bonds. The minimum absolute atomic E-state index is 0.153. The van der Waals surface area contributed by atoms with Crippen LogP contribution in [0.25, 0.3) is 28.2 Å². The van der Waals surface area contributed by atoms with E-state index in [0.29, 0.717) is 5.78 Å². The molecule has 5 nitrogen and oxygen atoms in total. The molecule has 5 rings (SSSR count). The molecule has 4 aromatic rings. The van der Waals surface area contributed by atoms with Crippen LogP contribution in [-0.4, -0.2) is 19.6 Å². The van der Waals surface area contributed by atoms with Gasteiger partial charge < -0.3 is 5.73 Å². The van der Waals surface area contributed by atoms with Crippen LogP contribution in [0.15, 0.2) is 60.8 Å². The van der Waals surface area contributed by atoms with Crippen molar-refractivity contribution in [1.29, 1.82) is 0 Å². The van der Waals surface area contributed by atoms with Gasteiger partial charge in [0.1, 0.15) is 0 Å². The number of aromatic nitrogens is 4. The molecule has 2 heterocycles. The fourth-order valence-electron chi connectivity index (χ4n) is 3.57. The molecule has 1 fully saturated rings. The first kappa shape index (κ1) is 15.2. The van der Waals surface area contributed by atoms with Gasteiger partial charge in [-0.25, -0.2) is 9.50 Å². The molecule has 0 spiro atoms. The Bertz CT molecular complexity index is 1060. The standard InChI is InChI=1S/C21H18N5/c22-21(11-4-12-21)17-9-7-16(8-10-17)19-18(15-5-2-1-3-6-15)13-26-20(25-19)23-14-24-26/h1-3,5-10,13H,4,11-12,22H2. The fraction of sp³-hybridized carbons (Fsp3) is 0.190. The van der Waals surface area contributed by atoms with Gasteiger partial charge in [-0.05, 0) is 30.4 Å². The molecule has 5 heteroatoms. The second kappa shape index (κ2) is 5.75. The molecule has 0 atom stereocenters. The van der Waals surface area contributed by atoms with Gasteiger partial charge in [0.15, 0.2) is 0 Å². The first-order valence-electron chi connectivity index (χ1n) is 8.82. The lowest BCUT2D eigenvalue weighted by Crippen LogP contribution is -2.43. The first-order valence-corrected chi connectivity index (χ1v) is 8.82. The normalized spacial score (nSPS) is 15.7. The average molecular weight is 340 g/mol. The summed E-state index contributed by atoms with van der Waals surface area (Å²) in [4.78, 5) is 8.85. The highest BCUT2D eigenvalue weighted by Gasteiger charge is 2.34. The van der Waals surface area contributed by atoms with Crippen molar-refractivity contribution in [3.8, 4) is 22.4 Å². The Hall–Kier alpha value is -3.05. The van der Waals surface area contributed by atoms with Crippen molar-refractivity contribution in [2.75, 3.05) is 0 Å². The molecule has 127 valence electrons. The number of rotatable bonds is 3. The molecular formula is C21H18N5. The summed E-state index contributed by atoms with van der Waals surface area (Å²) in [5, 5.41) is 4.11. The molecule has 0 unspecified atom stereocenters. The molecule has 1 aliphatic carbocycles. The number of benzene rings is 2. The number of nitrogens with two attached hydrogens (primary N) is 1. The molecule has 1 saturated carbocycles. The lowest BCUT2D eigenvalue weighted by Gasteiger charge is -2.38. The second-order valence-corrected chi connectivity index (χ2v) is 6.91.